The van der Waals surface area contributed by atoms with Gasteiger partial charge in [0.15, 0.2) is 0 Å². The molecule has 0 bridgehead atoms. The van der Waals surface area contributed by atoms with Crippen LogP contribution in [0.4, 0.5) is 0 Å². The van der Waals surface area contributed by atoms with Crippen molar-refractivity contribution in [3.8, 4) is 5.92 Å². The third kappa shape index (κ3) is 3.10. The van der Waals surface area contributed by atoms with Gasteiger partial charge in [0.1, 0.15) is 0 Å². The molecule has 0 aliphatic heterocycles. The molecule has 0 heterocycles. The molecule has 0 fully saturated rings. The Kier molecular flexibility index (Phi) is 3.48. The van der Waals surface area contributed by atoms with Crippen molar-refractivity contribution in [2.45, 2.75) is 0 Å². The van der Waals surface area contributed by atoms with Crippen molar-refractivity contribution in [2.24, 2.45) is 0 Å². The normalized spacial score (nSPS) is 8.00. The van der Waals surface area contributed by atoms with Gasteiger partial charge in [-0.3, -0.25) is 0 Å². The lowest BCUT2D eigenvalue weighted by Crippen LogP contribution is -1.59. The van der Waals surface area contributed by atoms with Crippen molar-refractivity contribution < 1.29 is 4.74 Å². The third-order valence-electron chi connectivity index (χ3n) is 0.287. The van der Waals surface area contributed by atoms with E-state index < -0.39 is 0 Å². The van der Waals surface area contributed by atoms with Gasteiger partial charge in [-0.15, -0.1) is 0 Å². The molecule has 0 amide bonds. The maximum Gasteiger partial charge on any atom is 0.0908 e. The van der Waals surface area contributed by atoms with Crippen molar-refractivity contribution in [3.63, 3.8) is 0 Å². The first-order valence-electron chi connectivity index (χ1n) is 1.52. The Hall–Kier alpha value is -0.900. The maximum atomic E-state index is 6.29. The Morgan fingerprint density at radius 1 is 1.83 bits per heavy atom. The largest absolute Gasteiger partial charge is 0.504 e. The van der Waals surface area contributed by atoms with E-state index in [1.54, 1.807) is 0 Å². The summed E-state index contributed by atoms with van der Waals surface area (Å²) in [5.74, 6) is 2.01. The second-order valence-corrected chi connectivity index (χ2v) is 0.683. The van der Waals surface area contributed by atoms with Crippen molar-refractivity contribution in [2.75, 3.05) is 7.11 Å². The number of methoxy groups -OCH3 is 1. The minimum Gasteiger partial charge on any atom is -0.504 e. The van der Waals surface area contributed by atoms with Crippen molar-refractivity contribution in [1.82, 2.24) is 0 Å². The first-order valence-corrected chi connectivity index (χ1v) is 1.52. The molecule has 0 unspecified atom stereocenters. The summed E-state index contributed by atoms with van der Waals surface area (Å²) in [7, 11) is 1.52. The predicted octanol–water partition coefficient (Wildman–Crippen LogP) is 0.736. The van der Waals surface area contributed by atoms with Crippen LogP contribution in [0.3, 0.4) is 0 Å². The number of allylic oxidation sites excluding steroid dienone is 1. The molecule has 0 aromatic heterocycles. The van der Waals surface area contributed by atoms with E-state index in [0.29, 0.717) is 0 Å². The van der Waals surface area contributed by atoms with E-state index in [1.807, 2.05) is 5.92 Å². The van der Waals surface area contributed by atoms with Crippen LogP contribution in [-0.4, -0.2) is 7.11 Å². The molecule has 31 valence electrons. The molecule has 0 aromatic rings. The average molecular weight is 81.1 g/mol. The smallest absolute Gasteiger partial charge is 0.0908 e. The molecule has 0 spiro atoms. The molecule has 1 heteroatoms. The summed E-state index contributed by atoms with van der Waals surface area (Å²) in [6, 6.07) is 0. The van der Waals surface area contributed by atoms with Crippen LogP contribution in [0.5, 0.6) is 0 Å². The van der Waals surface area contributed by atoms with Gasteiger partial charge >= 0.3 is 0 Å². The Labute approximate surface area is 37.6 Å². The lowest BCUT2D eigenvalue weighted by Gasteiger charge is -1.76. The van der Waals surface area contributed by atoms with Crippen molar-refractivity contribution in [1.29, 1.82) is 0 Å². The van der Waals surface area contributed by atoms with Crippen LogP contribution in [-0.2, 0) is 4.74 Å². The number of rotatable bonds is 1. The van der Waals surface area contributed by atoms with Gasteiger partial charge < -0.3 is 4.74 Å². The van der Waals surface area contributed by atoms with E-state index in [0.717, 1.165) is 0 Å². The molecule has 0 aromatic carbocycles. The molecule has 0 aliphatic rings. The molecule has 6 heavy (non-hydrogen) atoms. The number of ether oxygens (including phenoxy) is 1. The van der Waals surface area contributed by atoms with Gasteiger partial charge in [-0.1, -0.05) is 5.92 Å². The first-order chi connectivity index (χ1) is 2.91. The fraction of sp³-hybridized carbons (Fsp3) is 0.200. The van der Waals surface area contributed by atoms with E-state index in [9.17, 15) is 0 Å². The third-order valence-corrected chi connectivity index (χ3v) is 0.287. The zero-order valence-electron chi connectivity index (χ0n) is 3.56. The van der Waals surface area contributed by atoms with Gasteiger partial charge in [0, 0.05) is 6.08 Å². The van der Waals surface area contributed by atoms with Crippen molar-refractivity contribution in [3.05, 3.63) is 18.8 Å². The molecule has 1 nitrogen and oxygen atoms in total. The minimum absolute atomic E-state index is 1.38. The monoisotopic (exact) mass is 81.0 g/mol. The highest BCUT2D eigenvalue weighted by Crippen LogP contribution is 1.65. The second-order valence-electron chi connectivity index (χ2n) is 0.683. The van der Waals surface area contributed by atoms with E-state index in [4.69, 9.17) is 6.42 Å². The van der Waals surface area contributed by atoms with Crippen LogP contribution in [0.15, 0.2) is 12.3 Å². The highest BCUT2D eigenvalue weighted by Gasteiger charge is 1.52. The SMILES string of the molecule is [C]#C/C=C/OC. The summed E-state index contributed by atoms with van der Waals surface area (Å²) in [4.78, 5) is 0. The minimum atomic E-state index is 1.38. The number of hydrogen-bond donors (Lipinski definition) is 0. The quantitative estimate of drug-likeness (QED) is 0.334. The Balaban J connectivity index is 3.02. The summed E-state index contributed by atoms with van der Waals surface area (Å²) >= 11 is 0. The molecular formula is C5H5O. The highest BCUT2D eigenvalue weighted by atomic mass is 16.5. The summed E-state index contributed by atoms with van der Waals surface area (Å²) in [6.45, 7) is 0. The number of hydrogen-bond acceptors (Lipinski definition) is 1. The average Bonchev–Trinajstić information content (AvgIpc) is 1.61. The molecule has 1 radical (unpaired) electrons. The van der Waals surface area contributed by atoms with Gasteiger partial charge in [0.25, 0.3) is 0 Å². The van der Waals surface area contributed by atoms with Crippen LogP contribution in [0.1, 0.15) is 0 Å². The molecule has 0 atom stereocenters. The maximum absolute atomic E-state index is 6.29. The highest BCUT2D eigenvalue weighted by molar-refractivity contribution is 5.01. The summed E-state index contributed by atoms with van der Waals surface area (Å²) in [6.07, 6.45) is 9.05. The zero-order valence-corrected chi connectivity index (χ0v) is 3.56. The van der Waals surface area contributed by atoms with Crippen LogP contribution < -0.4 is 0 Å². The fourth-order valence-electron chi connectivity index (χ4n) is 0.102. The van der Waals surface area contributed by atoms with Gasteiger partial charge in [-0.05, 0) is 6.42 Å². The van der Waals surface area contributed by atoms with Gasteiger partial charge in [0.2, 0.25) is 0 Å². The van der Waals surface area contributed by atoms with Crippen LogP contribution in [0.2, 0.25) is 0 Å². The van der Waals surface area contributed by atoms with Crippen LogP contribution in [0, 0.1) is 12.3 Å². The van der Waals surface area contributed by atoms with Gasteiger partial charge in [-0.25, -0.2) is 0 Å². The summed E-state index contributed by atoms with van der Waals surface area (Å²) < 4.78 is 4.42. The van der Waals surface area contributed by atoms with Crippen LogP contribution in [0.25, 0.3) is 0 Å². The zero-order chi connectivity index (χ0) is 4.83. The lowest BCUT2D eigenvalue weighted by atomic mass is 10.7. The fourth-order valence-corrected chi connectivity index (χ4v) is 0.102. The first kappa shape index (κ1) is 5.10. The molecule has 0 saturated heterocycles. The topological polar surface area (TPSA) is 9.23 Å². The van der Waals surface area contributed by atoms with Crippen molar-refractivity contribution >= 4 is 0 Å². The summed E-state index contributed by atoms with van der Waals surface area (Å²) in [5.41, 5.74) is 0. The Bertz CT molecular complexity index is 76.4. The lowest BCUT2D eigenvalue weighted by molar-refractivity contribution is 0.338. The van der Waals surface area contributed by atoms with E-state index in [-0.39, 0.29) is 0 Å². The standard InChI is InChI=1S/C5H5O/c1-3-4-5-6-2/h4-5H,2H3/b5-4+. The predicted molar refractivity (Wildman–Crippen MR) is 23.3 cm³/mol. The van der Waals surface area contributed by atoms with E-state index >= 15 is 0 Å². The van der Waals surface area contributed by atoms with Crippen LogP contribution >= 0.6 is 0 Å². The van der Waals surface area contributed by atoms with Gasteiger partial charge in [-0.2, -0.15) is 0 Å². The van der Waals surface area contributed by atoms with E-state index in [2.05, 4.69) is 4.74 Å². The molecule has 0 saturated carbocycles. The molecule has 0 N–H and O–H groups in total. The Morgan fingerprint density at radius 2 is 2.50 bits per heavy atom. The second kappa shape index (κ2) is 4.10. The summed E-state index contributed by atoms with van der Waals surface area (Å²) in [5, 5.41) is 0. The Morgan fingerprint density at radius 3 is 2.67 bits per heavy atom. The molecule has 0 rings (SSSR count). The molecular weight excluding hydrogens is 76.1 g/mol. The van der Waals surface area contributed by atoms with E-state index in [1.165, 1.54) is 19.4 Å². The van der Waals surface area contributed by atoms with Gasteiger partial charge in [0.05, 0.1) is 13.4 Å². The molecule has 0 aliphatic carbocycles.